The topological polar surface area (TPSA) is 42.4 Å². The predicted molar refractivity (Wildman–Crippen MR) is 49.0 cm³/mol. The van der Waals surface area contributed by atoms with Gasteiger partial charge >= 0.3 is 0 Å². The van der Waals surface area contributed by atoms with Crippen molar-refractivity contribution in [3.8, 4) is 0 Å². The van der Waals surface area contributed by atoms with E-state index in [0.717, 1.165) is 5.56 Å². The largest absolute Gasteiger partial charge is 0.384 e. The van der Waals surface area contributed by atoms with E-state index >= 15 is 0 Å². The first-order chi connectivity index (χ1) is 6.33. The average Bonchev–Trinajstić information content (AvgIpc) is 2.19. The molecule has 2 rings (SSSR count). The summed E-state index contributed by atoms with van der Waals surface area (Å²) in [4.78, 5) is 4.12. The van der Waals surface area contributed by atoms with Gasteiger partial charge in [-0.25, -0.2) is 0 Å². The number of ether oxygens (including phenoxy) is 1. The molecule has 0 saturated carbocycles. The van der Waals surface area contributed by atoms with Crippen molar-refractivity contribution in [1.82, 2.24) is 4.98 Å². The third kappa shape index (κ3) is 1.36. The van der Waals surface area contributed by atoms with Crippen molar-refractivity contribution in [3.05, 3.63) is 35.7 Å². The van der Waals surface area contributed by atoms with Crippen LogP contribution in [-0.2, 0) is 4.74 Å². The zero-order valence-electron chi connectivity index (χ0n) is 7.34. The van der Waals surface area contributed by atoms with Gasteiger partial charge in [0.05, 0.1) is 5.69 Å². The Morgan fingerprint density at radius 2 is 2.38 bits per heavy atom. The molecule has 3 heteroatoms. The summed E-state index contributed by atoms with van der Waals surface area (Å²) < 4.78 is 5.08. The molecule has 1 N–H and O–H groups in total. The molecule has 68 valence electrons. The number of pyridine rings is 1. The highest BCUT2D eigenvalue weighted by Crippen LogP contribution is 2.26. The number of aliphatic hydroxyl groups is 1. The van der Waals surface area contributed by atoms with E-state index in [0.29, 0.717) is 5.69 Å². The van der Waals surface area contributed by atoms with Gasteiger partial charge in [0, 0.05) is 13.3 Å². The summed E-state index contributed by atoms with van der Waals surface area (Å²) in [6.45, 7) is 0. The molecular weight excluding hydrogens is 166 g/mol. The molecule has 0 amide bonds. The number of rotatable bonds is 1. The maximum absolute atomic E-state index is 9.78. The number of fused-ring (bicyclic) bond motifs is 1. The second-order valence-corrected chi connectivity index (χ2v) is 2.98. The maximum atomic E-state index is 9.78. The highest BCUT2D eigenvalue weighted by atomic mass is 16.5. The van der Waals surface area contributed by atoms with Crippen molar-refractivity contribution in [3.63, 3.8) is 0 Å². The predicted octanol–water partition coefficient (Wildman–Crippen LogP) is 1.16. The lowest BCUT2D eigenvalue weighted by Crippen LogP contribution is -2.22. The van der Waals surface area contributed by atoms with Gasteiger partial charge in [0.2, 0.25) is 0 Å². The maximum Gasteiger partial charge on any atom is 0.126 e. The van der Waals surface area contributed by atoms with Crippen LogP contribution >= 0.6 is 0 Å². The standard InChI is InChI=1S/C10H11NO2/c1-13-8-5-4-7-3-2-6-11-9(7)10(8)12/h2-6,8,10,12H,1H3/t8-,10+/m0/s1. The first-order valence-electron chi connectivity index (χ1n) is 4.17. The van der Waals surface area contributed by atoms with Crippen LogP contribution in [0.15, 0.2) is 24.4 Å². The minimum Gasteiger partial charge on any atom is -0.384 e. The van der Waals surface area contributed by atoms with Crippen LogP contribution < -0.4 is 0 Å². The highest BCUT2D eigenvalue weighted by Gasteiger charge is 2.24. The summed E-state index contributed by atoms with van der Waals surface area (Å²) in [7, 11) is 1.58. The number of methoxy groups -OCH3 is 1. The van der Waals surface area contributed by atoms with Crippen molar-refractivity contribution in [1.29, 1.82) is 0 Å². The molecule has 0 bridgehead atoms. The van der Waals surface area contributed by atoms with Crippen molar-refractivity contribution < 1.29 is 9.84 Å². The van der Waals surface area contributed by atoms with Gasteiger partial charge in [-0.05, 0) is 11.6 Å². The smallest absolute Gasteiger partial charge is 0.126 e. The number of nitrogens with zero attached hydrogens (tertiary/aromatic N) is 1. The monoisotopic (exact) mass is 177 g/mol. The van der Waals surface area contributed by atoms with Gasteiger partial charge < -0.3 is 9.84 Å². The Morgan fingerprint density at radius 1 is 1.54 bits per heavy atom. The Balaban J connectivity index is 2.42. The van der Waals surface area contributed by atoms with Crippen LogP contribution in [0, 0.1) is 0 Å². The molecule has 1 aliphatic carbocycles. The summed E-state index contributed by atoms with van der Waals surface area (Å²) in [5.74, 6) is 0. The first-order valence-corrected chi connectivity index (χ1v) is 4.17. The Hall–Kier alpha value is -1.19. The zero-order valence-corrected chi connectivity index (χ0v) is 7.34. The van der Waals surface area contributed by atoms with Gasteiger partial charge in [0.1, 0.15) is 12.2 Å². The van der Waals surface area contributed by atoms with Crippen molar-refractivity contribution in [2.45, 2.75) is 12.2 Å². The van der Waals surface area contributed by atoms with Gasteiger partial charge in [-0.2, -0.15) is 0 Å². The molecule has 1 aromatic heterocycles. The molecule has 0 aromatic carbocycles. The quantitative estimate of drug-likeness (QED) is 0.699. The van der Waals surface area contributed by atoms with Crippen LogP contribution in [0.3, 0.4) is 0 Å². The average molecular weight is 177 g/mol. The lowest BCUT2D eigenvalue weighted by Gasteiger charge is -2.22. The van der Waals surface area contributed by atoms with E-state index in [-0.39, 0.29) is 6.10 Å². The van der Waals surface area contributed by atoms with Gasteiger partial charge in [0.15, 0.2) is 0 Å². The van der Waals surface area contributed by atoms with Crippen LogP contribution in [0.25, 0.3) is 6.08 Å². The minimum atomic E-state index is -0.647. The molecular formula is C10H11NO2. The van der Waals surface area contributed by atoms with E-state index in [9.17, 15) is 5.11 Å². The van der Waals surface area contributed by atoms with Crippen LogP contribution in [0.1, 0.15) is 17.4 Å². The highest BCUT2D eigenvalue weighted by molar-refractivity contribution is 5.56. The van der Waals surface area contributed by atoms with E-state index in [1.54, 1.807) is 13.3 Å². The molecule has 0 aliphatic heterocycles. The molecule has 3 nitrogen and oxygen atoms in total. The van der Waals surface area contributed by atoms with Crippen molar-refractivity contribution in [2.75, 3.05) is 7.11 Å². The molecule has 0 spiro atoms. The molecule has 13 heavy (non-hydrogen) atoms. The number of aromatic nitrogens is 1. The van der Waals surface area contributed by atoms with Crippen LogP contribution in [0.2, 0.25) is 0 Å². The summed E-state index contributed by atoms with van der Waals surface area (Å²) in [5.41, 5.74) is 1.65. The van der Waals surface area contributed by atoms with E-state index < -0.39 is 6.10 Å². The third-order valence-electron chi connectivity index (χ3n) is 2.20. The second kappa shape index (κ2) is 3.28. The lowest BCUT2D eigenvalue weighted by atomic mass is 9.98. The number of hydrogen-bond acceptors (Lipinski definition) is 3. The van der Waals surface area contributed by atoms with Gasteiger partial charge in [-0.3, -0.25) is 4.98 Å². The van der Waals surface area contributed by atoms with Crippen LogP contribution in [0.4, 0.5) is 0 Å². The normalized spacial score (nSPS) is 25.7. The summed E-state index contributed by atoms with van der Waals surface area (Å²) in [6.07, 6.45) is 4.51. The fourth-order valence-corrected chi connectivity index (χ4v) is 1.48. The first kappa shape index (κ1) is 8.41. The van der Waals surface area contributed by atoms with Crippen LogP contribution in [-0.4, -0.2) is 23.3 Å². The SMILES string of the molecule is CO[C@H]1C=Cc2cccnc2[C@@H]1O. The Bertz CT molecular complexity index is 335. The second-order valence-electron chi connectivity index (χ2n) is 2.98. The van der Waals surface area contributed by atoms with Crippen LogP contribution in [0.5, 0.6) is 0 Å². The fourth-order valence-electron chi connectivity index (χ4n) is 1.48. The molecule has 0 unspecified atom stereocenters. The molecule has 1 aromatic rings. The number of aliphatic hydroxyl groups excluding tert-OH is 1. The fraction of sp³-hybridized carbons (Fsp3) is 0.300. The molecule has 1 aliphatic rings. The van der Waals surface area contributed by atoms with E-state index in [2.05, 4.69) is 4.98 Å². The summed E-state index contributed by atoms with van der Waals surface area (Å²) in [6, 6.07) is 3.77. The van der Waals surface area contributed by atoms with Crippen molar-refractivity contribution in [2.24, 2.45) is 0 Å². The Labute approximate surface area is 76.7 Å². The van der Waals surface area contributed by atoms with E-state index in [4.69, 9.17) is 4.74 Å². The summed E-state index contributed by atoms with van der Waals surface area (Å²) in [5, 5.41) is 9.78. The van der Waals surface area contributed by atoms with Crippen molar-refractivity contribution >= 4 is 6.08 Å². The van der Waals surface area contributed by atoms with Gasteiger partial charge in [0.25, 0.3) is 0 Å². The lowest BCUT2D eigenvalue weighted by molar-refractivity contribution is 0.0126. The Kier molecular flexibility index (Phi) is 2.12. The molecule has 0 fully saturated rings. The zero-order chi connectivity index (χ0) is 9.26. The van der Waals surface area contributed by atoms with Gasteiger partial charge in [-0.1, -0.05) is 18.2 Å². The van der Waals surface area contributed by atoms with Gasteiger partial charge in [-0.15, -0.1) is 0 Å². The minimum absolute atomic E-state index is 0.276. The molecule has 0 saturated heterocycles. The summed E-state index contributed by atoms with van der Waals surface area (Å²) >= 11 is 0. The number of hydrogen-bond donors (Lipinski definition) is 1. The third-order valence-corrected chi connectivity index (χ3v) is 2.20. The Morgan fingerprint density at radius 3 is 3.15 bits per heavy atom. The van der Waals surface area contributed by atoms with E-state index in [1.807, 2.05) is 24.3 Å². The van der Waals surface area contributed by atoms with E-state index in [1.165, 1.54) is 0 Å². The molecule has 1 heterocycles. The molecule has 2 atom stereocenters. The molecule has 0 radical (unpaired) electrons.